The predicted molar refractivity (Wildman–Crippen MR) is 61.8 cm³/mol. The highest BCUT2D eigenvalue weighted by Gasteiger charge is 2.26. The SMILES string of the molecule is NCCn1cc(C(=O)N2CCOC(CO)C2)nn1. The average Bonchev–Trinajstić information content (AvgIpc) is 2.87. The Kier molecular flexibility index (Phi) is 4.24. The van der Waals surface area contributed by atoms with E-state index in [1.54, 1.807) is 11.1 Å². The molecule has 1 aliphatic heterocycles. The van der Waals surface area contributed by atoms with Gasteiger partial charge in [0.25, 0.3) is 5.91 Å². The van der Waals surface area contributed by atoms with Crippen molar-refractivity contribution in [1.82, 2.24) is 19.9 Å². The lowest BCUT2D eigenvalue weighted by molar-refractivity contribution is -0.0448. The molecule has 18 heavy (non-hydrogen) atoms. The monoisotopic (exact) mass is 255 g/mol. The van der Waals surface area contributed by atoms with E-state index < -0.39 is 0 Å². The van der Waals surface area contributed by atoms with E-state index >= 15 is 0 Å². The van der Waals surface area contributed by atoms with Gasteiger partial charge in [-0.05, 0) is 0 Å². The summed E-state index contributed by atoms with van der Waals surface area (Å²) in [6, 6.07) is 0. The van der Waals surface area contributed by atoms with Crippen LogP contribution in [0, 0.1) is 0 Å². The fraction of sp³-hybridized carbons (Fsp3) is 0.700. The minimum absolute atomic E-state index is 0.0936. The number of hydrogen-bond donors (Lipinski definition) is 2. The summed E-state index contributed by atoms with van der Waals surface area (Å²) in [6.07, 6.45) is 1.26. The van der Waals surface area contributed by atoms with Crippen LogP contribution in [-0.2, 0) is 11.3 Å². The summed E-state index contributed by atoms with van der Waals surface area (Å²) < 4.78 is 6.82. The molecule has 1 unspecified atom stereocenters. The maximum absolute atomic E-state index is 12.1. The largest absolute Gasteiger partial charge is 0.394 e. The molecule has 1 atom stereocenters. The van der Waals surface area contributed by atoms with Crippen molar-refractivity contribution in [3.05, 3.63) is 11.9 Å². The third kappa shape index (κ3) is 2.84. The lowest BCUT2D eigenvalue weighted by Gasteiger charge is -2.31. The average molecular weight is 255 g/mol. The predicted octanol–water partition coefficient (Wildman–Crippen LogP) is -1.93. The van der Waals surface area contributed by atoms with E-state index in [-0.39, 0.29) is 18.6 Å². The van der Waals surface area contributed by atoms with Crippen LogP contribution < -0.4 is 5.73 Å². The number of hydrogen-bond acceptors (Lipinski definition) is 6. The molecule has 1 fully saturated rings. The Morgan fingerprint density at radius 1 is 1.67 bits per heavy atom. The highest BCUT2D eigenvalue weighted by molar-refractivity contribution is 5.92. The number of carbonyl (C=O) groups is 1. The summed E-state index contributed by atoms with van der Waals surface area (Å²) in [5.41, 5.74) is 5.69. The molecule has 3 N–H and O–H groups in total. The van der Waals surface area contributed by atoms with Gasteiger partial charge < -0.3 is 20.5 Å². The van der Waals surface area contributed by atoms with Gasteiger partial charge in [0, 0.05) is 19.6 Å². The summed E-state index contributed by atoms with van der Waals surface area (Å²) in [4.78, 5) is 13.7. The number of aliphatic hydroxyl groups is 1. The molecule has 0 aliphatic carbocycles. The molecule has 0 bridgehead atoms. The van der Waals surface area contributed by atoms with Crippen LogP contribution in [0.3, 0.4) is 0 Å². The third-order valence-corrected chi connectivity index (χ3v) is 2.75. The molecule has 1 aromatic heterocycles. The maximum Gasteiger partial charge on any atom is 0.276 e. The third-order valence-electron chi connectivity index (χ3n) is 2.75. The van der Waals surface area contributed by atoms with Crippen LogP contribution in [0.5, 0.6) is 0 Å². The van der Waals surface area contributed by atoms with Crippen molar-refractivity contribution in [1.29, 1.82) is 0 Å². The quantitative estimate of drug-likeness (QED) is 0.649. The molecule has 1 saturated heterocycles. The minimum Gasteiger partial charge on any atom is -0.394 e. The molecule has 0 spiro atoms. The van der Waals surface area contributed by atoms with Gasteiger partial charge in [-0.15, -0.1) is 5.10 Å². The Labute approximate surface area is 104 Å². The van der Waals surface area contributed by atoms with Gasteiger partial charge in [0.05, 0.1) is 32.1 Å². The number of rotatable bonds is 4. The Morgan fingerprint density at radius 3 is 3.22 bits per heavy atom. The Morgan fingerprint density at radius 2 is 2.50 bits per heavy atom. The van der Waals surface area contributed by atoms with E-state index in [1.807, 2.05) is 0 Å². The first-order valence-electron chi connectivity index (χ1n) is 5.86. The molecule has 1 amide bonds. The van der Waals surface area contributed by atoms with Crippen molar-refractivity contribution in [2.75, 3.05) is 32.8 Å². The molecule has 100 valence electrons. The van der Waals surface area contributed by atoms with Gasteiger partial charge in [0.2, 0.25) is 0 Å². The molecular weight excluding hydrogens is 238 g/mol. The molecular formula is C10H17N5O3. The number of ether oxygens (including phenoxy) is 1. The molecule has 0 radical (unpaired) electrons. The van der Waals surface area contributed by atoms with E-state index in [0.717, 1.165) is 0 Å². The first-order chi connectivity index (χ1) is 8.74. The normalized spacial score (nSPS) is 20.1. The molecule has 8 heteroatoms. The lowest BCUT2D eigenvalue weighted by atomic mass is 10.2. The molecule has 0 aromatic carbocycles. The first kappa shape index (κ1) is 12.9. The van der Waals surface area contributed by atoms with Gasteiger partial charge in [-0.25, -0.2) is 0 Å². The number of aliphatic hydroxyl groups excluding tert-OH is 1. The molecule has 2 heterocycles. The highest BCUT2D eigenvalue weighted by atomic mass is 16.5. The zero-order chi connectivity index (χ0) is 13.0. The fourth-order valence-corrected chi connectivity index (χ4v) is 1.81. The van der Waals surface area contributed by atoms with Gasteiger partial charge in [-0.3, -0.25) is 9.48 Å². The van der Waals surface area contributed by atoms with Crippen molar-refractivity contribution in [3.8, 4) is 0 Å². The molecule has 0 saturated carbocycles. The second-order valence-corrected chi connectivity index (χ2v) is 4.08. The van der Waals surface area contributed by atoms with Crippen LogP contribution in [0.25, 0.3) is 0 Å². The van der Waals surface area contributed by atoms with E-state index in [1.165, 1.54) is 4.68 Å². The summed E-state index contributed by atoms with van der Waals surface area (Å²) in [5.74, 6) is -0.194. The fourth-order valence-electron chi connectivity index (χ4n) is 1.81. The lowest BCUT2D eigenvalue weighted by Crippen LogP contribution is -2.47. The Bertz CT molecular complexity index is 408. The highest BCUT2D eigenvalue weighted by Crippen LogP contribution is 2.08. The number of aromatic nitrogens is 3. The van der Waals surface area contributed by atoms with Crippen LogP contribution in [-0.4, -0.2) is 69.9 Å². The molecule has 1 aromatic rings. The van der Waals surface area contributed by atoms with Crippen molar-refractivity contribution >= 4 is 5.91 Å². The number of amides is 1. The first-order valence-corrected chi connectivity index (χ1v) is 5.86. The standard InChI is InChI=1S/C10H17N5O3/c11-1-2-15-6-9(12-13-15)10(17)14-3-4-18-8(5-14)7-16/h6,8,16H,1-5,7,11H2. The van der Waals surface area contributed by atoms with Gasteiger partial charge in [-0.2, -0.15) is 0 Å². The van der Waals surface area contributed by atoms with Crippen LogP contribution in [0.2, 0.25) is 0 Å². The van der Waals surface area contributed by atoms with Crippen molar-refractivity contribution in [2.45, 2.75) is 12.6 Å². The summed E-state index contributed by atoms with van der Waals surface area (Å²) >= 11 is 0. The second kappa shape index (κ2) is 5.89. The smallest absolute Gasteiger partial charge is 0.276 e. The van der Waals surface area contributed by atoms with Gasteiger partial charge in [0.1, 0.15) is 0 Å². The summed E-state index contributed by atoms with van der Waals surface area (Å²) in [7, 11) is 0. The van der Waals surface area contributed by atoms with Crippen LogP contribution in [0.4, 0.5) is 0 Å². The topological polar surface area (TPSA) is 106 Å². The van der Waals surface area contributed by atoms with E-state index in [9.17, 15) is 4.79 Å². The number of carbonyl (C=O) groups excluding carboxylic acids is 1. The minimum atomic E-state index is -0.318. The van der Waals surface area contributed by atoms with Gasteiger partial charge >= 0.3 is 0 Å². The Hall–Kier alpha value is -1.51. The van der Waals surface area contributed by atoms with Crippen LogP contribution in [0.15, 0.2) is 6.20 Å². The van der Waals surface area contributed by atoms with Crippen molar-refractivity contribution < 1.29 is 14.6 Å². The number of morpholine rings is 1. The van der Waals surface area contributed by atoms with E-state index in [0.29, 0.717) is 38.5 Å². The zero-order valence-corrected chi connectivity index (χ0v) is 10.0. The maximum atomic E-state index is 12.1. The second-order valence-electron chi connectivity index (χ2n) is 4.08. The molecule has 8 nitrogen and oxygen atoms in total. The summed E-state index contributed by atoms with van der Waals surface area (Å²) in [6.45, 7) is 2.18. The van der Waals surface area contributed by atoms with Crippen LogP contribution in [0.1, 0.15) is 10.5 Å². The van der Waals surface area contributed by atoms with E-state index in [4.69, 9.17) is 15.6 Å². The summed E-state index contributed by atoms with van der Waals surface area (Å²) in [5, 5.41) is 16.7. The number of nitrogens with zero attached hydrogens (tertiary/aromatic N) is 4. The molecule has 2 rings (SSSR count). The van der Waals surface area contributed by atoms with Gasteiger partial charge in [0.15, 0.2) is 5.69 Å². The van der Waals surface area contributed by atoms with E-state index in [2.05, 4.69) is 10.3 Å². The molecule has 1 aliphatic rings. The van der Waals surface area contributed by atoms with Crippen LogP contribution >= 0.6 is 0 Å². The van der Waals surface area contributed by atoms with Crippen molar-refractivity contribution in [2.24, 2.45) is 5.73 Å². The zero-order valence-electron chi connectivity index (χ0n) is 10.0. The number of nitrogens with two attached hydrogens (primary N) is 1. The van der Waals surface area contributed by atoms with Gasteiger partial charge in [-0.1, -0.05) is 5.21 Å². The Balaban J connectivity index is 2.00. The van der Waals surface area contributed by atoms with Crippen molar-refractivity contribution in [3.63, 3.8) is 0 Å².